The Morgan fingerprint density at radius 2 is 1.95 bits per heavy atom. The van der Waals surface area contributed by atoms with Gasteiger partial charge in [-0.1, -0.05) is 13.8 Å². The summed E-state index contributed by atoms with van der Waals surface area (Å²) in [5, 5.41) is 16.1. The minimum absolute atomic E-state index is 0.141. The topological polar surface area (TPSA) is 125 Å². The zero-order valence-corrected chi connectivity index (χ0v) is 11.5. The molecule has 1 saturated heterocycles. The van der Waals surface area contributed by atoms with E-state index in [2.05, 4.69) is 16.0 Å². The predicted molar refractivity (Wildman–Crippen MR) is 68.8 cm³/mol. The van der Waals surface area contributed by atoms with Crippen molar-refractivity contribution in [3.8, 4) is 0 Å². The summed E-state index contributed by atoms with van der Waals surface area (Å²) in [6.07, 6.45) is 0.794. The summed E-state index contributed by atoms with van der Waals surface area (Å²) >= 11 is 0. The molecule has 0 aliphatic carbocycles. The third-order valence-electron chi connectivity index (χ3n) is 3.51. The van der Waals surface area contributed by atoms with E-state index in [0.717, 1.165) is 0 Å². The van der Waals surface area contributed by atoms with E-state index in [1.807, 2.05) is 0 Å². The van der Waals surface area contributed by atoms with Crippen molar-refractivity contribution in [1.82, 2.24) is 16.0 Å². The van der Waals surface area contributed by atoms with Crippen molar-refractivity contribution < 1.29 is 24.3 Å². The molecule has 0 bridgehead atoms. The van der Waals surface area contributed by atoms with Gasteiger partial charge in [-0.2, -0.15) is 0 Å². The standard InChI is InChI=1S/C12H19N3O5/c1-3-12(4-2,10(18)19)15-11(20)13-7-5-6-8(16)14-9(7)17/h7H,3-6H2,1-2H3,(H,18,19)(H2,13,15,20)(H,14,16,17). The van der Waals surface area contributed by atoms with E-state index in [9.17, 15) is 24.3 Å². The summed E-state index contributed by atoms with van der Waals surface area (Å²) in [6, 6.07) is -1.56. The lowest BCUT2D eigenvalue weighted by molar-refractivity contribution is -0.144. The molecule has 4 amide bonds. The first-order valence-electron chi connectivity index (χ1n) is 6.50. The first kappa shape index (κ1) is 15.9. The van der Waals surface area contributed by atoms with Crippen LogP contribution < -0.4 is 16.0 Å². The molecule has 0 aromatic rings. The number of hydrogen-bond donors (Lipinski definition) is 4. The van der Waals surface area contributed by atoms with Gasteiger partial charge in [0.05, 0.1) is 0 Å². The highest BCUT2D eigenvalue weighted by Gasteiger charge is 2.37. The van der Waals surface area contributed by atoms with Crippen molar-refractivity contribution in [1.29, 1.82) is 0 Å². The van der Waals surface area contributed by atoms with Crippen LogP contribution in [0.15, 0.2) is 0 Å². The Morgan fingerprint density at radius 1 is 1.35 bits per heavy atom. The van der Waals surface area contributed by atoms with E-state index in [1.54, 1.807) is 13.8 Å². The largest absolute Gasteiger partial charge is 0.480 e. The zero-order valence-electron chi connectivity index (χ0n) is 11.5. The van der Waals surface area contributed by atoms with Crippen molar-refractivity contribution in [3.05, 3.63) is 0 Å². The van der Waals surface area contributed by atoms with Gasteiger partial charge >= 0.3 is 12.0 Å². The highest BCUT2D eigenvalue weighted by molar-refractivity contribution is 6.01. The van der Waals surface area contributed by atoms with Crippen LogP contribution >= 0.6 is 0 Å². The van der Waals surface area contributed by atoms with Gasteiger partial charge in [-0.25, -0.2) is 9.59 Å². The van der Waals surface area contributed by atoms with E-state index in [0.29, 0.717) is 0 Å². The van der Waals surface area contributed by atoms with Crippen LogP contribution in [0.5, 0.6) is 0 Å². The maximum Gasteiger partial charge on any atom is 0.329 e. The molecule has 1 unspecified atom stereocenters. The van der Waals surface area contributed by atoms with E-state index in [-0.39, 0.29) is 31.6 Å². The lowest BCUT2D eigenvalue weighted by atomic mass is 9.93. The minimum atomic E-state index is -1.36. The fourth-order valence-electron chi connectivity index (χ4n) is 2.03. The van der Waals surface area contributed by atoms with Gasteiger partial charge in [0.2, 0.25) is 11.8 Å². The Morgan fingerprint density at radius 3 is 2.40 bits per heavy atom. The van der Waals surface area contributed by atoms with Gasteiger partial charge in [0, 0.05) is 6.42 Å². The Balaban J connectivity index is 2.65. The maximum atomic E-state index is 11.8. The van der Waals surface area contributed by atoms with Crippen LogP contribution in [0.2, 0.25) is 0 Å². The van der Waals surface area contributed by atoms with Gasteiger partial charge in [-0.3, -0.25) is 14.9 Å². The molecule has 1 heterocycles. The van der Waals surface area contributed by atoms with Crippen LogP contribution in [-0.4, -0.2) is 40.5 Å². The number of hydrogen-bond acceptors (Lipinski definition) is 4. The number of carbonyl (C=O) groups is 4. The maximum absolute atomic E-state index is 11.8. The van der Waals surface area contributed by atoms with E-state index < -0.39 is 29.5 Å². The van der Waals surface area contributed by atoms with Crippen LogP contribution in [0.25, 0.3) is 0 Å². The molecule has 0 aromatic carbocycles. The Labute approximate surface area is 116 Å². The number of carboxylic acid groups (broad SMARTS) is 1. The van der Waals surface area contributed by atoms with Gasteiger partial charge in [0.25, 0.3) is 0 Å². The second kappa shape index (κ2) is 6.36. The monoisotopic (exact) mass is 285 g/mol. The molecule has 112 valence electrons. The lowest BCUT2D eigenvalue weighted by Crippen LogP contribution is -2.60. The molecule has 1 rings (SSSR count). The van der Waals surface area contributed by atoms with Crippen LogP contribution in [0.3, 0.4) is 0 Å². The minimum Gasteiger partial charge on any atom is -0.480 e. The molecule has 1 atom stereocenters. The van der Waals surface area contributed by atoms with Gasteiger partial charge in [0.15, 0.2) is 0 Å². The molecule has 0 radical (unpaired) electrons. The summed E-state index contributed by atoms with van der Waals surface area (Å²) in [4.78, 5) is 45.5. The number of nitrogens with one attached hydrogen (secondary N) is 3. The average molecular weight is 285 g/mol. The van der Waals surface area contributed by atoms with Crippen LogP contribution in [0.1, 0.15) is 39.5 Å². The molecule has 0 saturated carbocycles. The third-order valence-corrected chi connectivity index (χ3v) is 3.51. The lowest BCUT2D eigenvalue weighted by Gasteiger charge is -2.29. The fraction of sp³-hybridized carbons (Fsp3) is 0.667. The first-order valence-corrected chi connectivity index (χ1v) is 6.50. The Hall–Kier alpha value is -2.12. The van der Waals surface area contributed by atoms with Crippen molar-refractivity contribution in [2.75, 3.05) is 0 Å². The summed E-state index contributed by atoms with van der Waals surface area (Å²) in [7, 11) is 0. The number of aliphatic carboxylic acids is 1. The van der Waals surface area contributed by atoms with Gasteiger partial charge < -0.3 is 15.7 Å². The Bertz CT molecular complexity index is 431. The molecule has 8 nitrogen and oxygen atoms in total. The zero-order chi connectivity index (χ0) is 15.3. The predicted octanol–water partition coefficient (Wildman–Crippen LogP) is -0.266. The quantitative estimate of drug-likeness (QED) is 0.518. The number of urea groups is 1. The molecular formula is C12H19N3O5. The molecular weight excluding hydrogens is 266 g/mol. The van der Waals surface area contributed by atoms with Gasteiger partial charge in [0.1, 0.15) is 11.6 Å². The number of piperidine rings is 1. The van der Waals surface area contributed by atoms with E-state index >= 15 is 0 Å². The summed E-state index contributed by atoms with van der Waals surface area (Å²) in [5.74, 6) is -2.08. The van der Waals surface area contributed by atoms with Gasteiger partial charge in [-0.05, 0) is 19.3 Å². The second-order valence-electron chi connectivity index (χ2n) is 4.70. The van der Waals surface area contributed by atoms with Crippen LogP contribution in [0.4, 0.5) is 4.79 Å². The molecule has 20 heavy (non-hydrogen) atoms. The SMILES string of the molecule is CCC(CC)(NC(=O)NC1CCC(=O)NC1=O)C(=O)O. The molecule has 0 aromatic heterocycles. The summed E-state index contributed by atoms with van der Waals surface area (Å²) in [6.45, 7) is 3.31. The van der Waals surface area contributed by atoms with E-state index in [1.165, 1.54) is 0 Å². The molecule has 1 aliphatic rings. The number of rotatable bonds is 5. The molecule has 0 spiro atoms. The molecule has 4 N–H and O–H groups in total. The number of amides is 4. The van der Waals surface area contributed by atoms with Gasteiger partial charge in [-0.15, -0.1) is 0 Å². The highest BCUT2D eigenvalue weighted by atomic mass is 16.4. The van der Waals surface area contributed by atoms with Crippen molar-refractivity contribution in [2.45, 2.75) is 51.1 Å². The number of carboxylic acids is 1. The summed E-state index contributed by atoms with van der Waals surface area (Å²) < 4.78 is 0. The first-order chi connectivity index (χ1) is 9.34. The highest BCUT2D eigenvalue weighted by Crippen LogP contribution is 2.15. The number of imide groups is 1. The van der Waals surface area contributed by atoms with Crippen molar-refractivity contribution >= 4 is 23.8 Å². The fourth-order valence-corrected chi connectivity index (χ4v) is 2.03. The van der Waals surface area contributed by atoms with E-state index in [4.69, 9.17) is 0 Å². The van der Waals surface area contributed by atoms with Crippen molar-refractivity contribution in [2.24, 2.45) is 0 Å². The smallest absolute Gasteiger partial charge is 0.329 e. The van der Waals surface area contributed by atoms with Crippen LogP contribution in [0, 0.1) is 0 Å². The molecule has 1 fully saturated rings. The average Bonchev–Trinajstić information content (AvgIpc) is 2.39. The molecule has 1 aliphatic heterocycles. The van der Waals surface area contributed by atoms with Crippen LogP contribution in [-0.2, 0) is 14.4 Å². The second-order valence-corrected chi connectivity index (χ2v) is 4.70. The third kappa shape index (κ3) is 3.46. The normalized spacial score (nSPS) is 19.2. The number of carbonyl (C=O) groups excluding carboxylic acids is 3. The Kier molecular flexibility index (Phi) is 5.06. The molecule has 8 heteroatoms. The summed E-state index contributed by atoms with van der Waals surface area (Å²) in [5.41, 5.74) is -1.36. The van der Waals surface area contributed by atoms with Crippen molar-refractivity contribution in [3.63, 3.8) is 0 Å².